The van der Waals surface area contributed by atoms with Gasteiger partial charge in [0.15, 0.2) is 11.5 Å². The molecule has 0 aromatic heterocycles. The molecule has 6 heteroatoms. The van der Waals surface area contributed by atoms with Crippen molar-refractivity contribution in [3.05, 3.63) is 18.2 Å². The summed E-state index contributed by atoms with van der Waals surface area (Å²) in [5, 5.41) is 2.75. The lowest BCUT2D eigenvalue weighted by atomic mass is 10.2. The van der Waals surface area contributed by atoms with E-state index in [1.165, 1.54) is 0 Å². The standard InChI is InChI=1S/C15H23NO5/c1-4-20-13-7-6-12(10-14(13)21-5-2)16-15(17)11-19-9-8-18-3/h6-7,10H,4-5,8-9,11H2,1-3H3,(H,16,17). The van der Waals surface area contributed by atoms with Gasteiger partial charge in [-0.3, -0.25) is 4.79 Å². The number of hydrogen-bond donors (Lipinski definition) is 1. The molecule has 1 amide bonds. The van der Waals surface area contributed by atoms with E-state index in [-0.39, 0.29) is 12.5 Å². The van der Waals surface area contributed by atoms with Crippen LogP contribution in [0, 0.1) is 0 Å². The number of hydrogen-bond acceptors (Lipinski definition) is 5. The molecule has 0 bridgehead atoms. The topological polar surface area (TPSA) is 66.0 Å². The number of anilines is 1. The highest BCUT2D eigenvalue weighted by Gasteiger charge is 2.08. The highest BCUT2D eigenvalue weighted by atomic mass is 16.5. The maximum atomic E-state index is 11.7. The Kier molecular flexibility index (Phi) is 8.23. The lowest BCUT2D eigenvalue weighted by molar-refractivity contribution is -0.121. The van der Waals surface area contributed by atoms with E-state index in [0.717, 1.165) is 0 Å². The van der Waals surface area contributed by atoms with Gasteiger partial charge in [-0.2, -0.15) is 0 Å². The van der Waals surface area contributed by atoms with Crippen molar-refractivity contribution in [3.8, 4) is 11.5 Å². The van der Waals surface area contributed by atoms with Gasteiger partial charge in [0.1, 0.15) is 6.61 Å². The van der Waals surface area contributed by atoms with Crippen LogP contribution in [0.2, 0.25) is 0 Å². The summed E-state index contributed by atoms with van der Waals surface area (Å²) in [6.07, 6.45) is 0. The minimum Gasteiger partial charge on any atom is -0.490 e. The van der Waals surface area contributed by atoms with Crippen molar-refractivity contribution in [2.75, 3.05) is 45.5 Å². The van der Waals surface area contributed by atoms with E-state index in [2.05, 4.69) is 5.32 Å². The molecule has 0 saturated heterocycles. The largest absolute Gasteiger partial charge is 0.490 e. The van der Waals surface area contributed by atoms with Crippen LogP contribution in [0.3, 0.4) is 0 Å². The van der Waals surface area contributed by atoms with Crippen LogP contribution in [0.5, 0.6) is 11.5 Å². The zero-order valence-electron chi connectivity index (χ0n) is 12.8. The minimum atomic E-state index is -0.224. The molecule has 21 heavy (non-hydrogen) atoms. The predicted octanol–water partition coefficient (Wildman–Crippen LogP) is 2.09. The number of nitrogens with one attached hydrogen (secondary N) is 1. The van der Waals surface area contributed by atoms with E-state index < -0.39 is 0 Å². The van der Waals surface area contributed by atoms with E-state index in [9.17, 15) is 4.79 Å². The van der Waals surface area contributed by atoms with Gasteiger partial charge in [0, 0.05) is 18.9 Å². The van der Waals surface area contributed by atoms with Crippen molar-refractivity contribution in [2.24, 2.45) is 0 Å². The number of methoxy groups -OCH3 is 1. The summed E-state index contributed by atoms with van der Waals surface area (Å²) in [5.41, 5.74) is 0.641. The third-order valence-electron chi connectivity index (χ3n) is 2.49. The Balaban J connectivity index is 2.58. The Hall–Kier alpha value is -1.79. The average Bonchev–Trinajstić information content (AvgIpc) is 2.47. The van der Waals surface area contributed by atoms with Crippen molar-refractivity contribution in [1.82, 2.24) is 0 Å². The van der Waals surface area contributed by atoms with Crippen molar-refractivity contribution >= 4 is 11.6 Å². The first-order chi connectivity index (χ1) is 10.2. The molecular formula is C15H23NO5. The monoisotopic (exact) mass is 297 g/mol. The SMILES string of the molecule is CCOc1ccc(NC(=O)COCCOC)cc1OCC. The predicted molar refractivity (Wildman–Crippen MR) is 80.1 cm³/mol. The Morgan fingerprint density at radius 1 is 1.10 bits per heavy atom. The number of amides is 1. The normalized spacial score (nSPS) is 10.2. The smallest absolute Gasteiger partial charge is 0.250 e. The van der Waals surface area contributed by atoms with E-state index in [4.69, 9.17) is 18.9 Å². The first-order valence-electron chi connectivity index (χ1n) is 6.97. The van der Waals surface area contributed by atoms with Gasteiger partial charge in [-0.15, -0.1) is 0 Å². The summed E-state index contributed by atoms with van der Waals surface area (Å²) in [5.74, 6) is 1.05. The van der Waals surface area contributed by atoms with Gasteiger partial charge in [0.05, 0.1) is 26.4 Å². The fourth-order valence-corrected chi connectivity index (χ4v) is 1.63. The van der Waals surface area contributed by atoms with Crippen molar-refractivity contribution < 1.29 is 23.7 Å². The molecule has 1 aromatic carbocycles. The zero-order chi connectivity index (χ0) is 15.5. The van der Waals surface area contributed by atoms with Gasteiger partial charge < -0.3 is 24.3 Å². The quantitative estimate of drug-likeness (QED) is 0.670. The van der Waals surface area contributed by atoms with Crippen LogP contribution in [-0.4, -0.2) is 46.1 Å². The van der Waals surface area contributed by atoms with Crippen LogP contribution >= 0.6 is 0 Å². The summed E-state index contributed by atoms with van der Waals surface area (Å²) in [7, 11) is 1.58. The van der Waals surface area contributed by atoms with Crippen LogP contribution in [0.15, 0.2) is 18.2 Å². The first-order valence-corrected chi connectivity index (χ1v) is 6.97. The third kappa shape index (κ3) is 6.46. The van der Waals surface area contributed by atoms with Crippen LogP contribution in [0.1, 0.15) is 13.8 Å². The van der Waals surface area contributed by atoms with Gasteiger partial charge in [-0.1, -0.05) is 0 Å². The molecule has 1 aromatic rings. The zero-order valence-corrected chi connectivity index (χ0v) is 12.8. The molecule has 0 aliphatic rings. The van der Waals surface area contributed by atoms with Crippen molar-refractivity contribution in [2.45, 2.75) is 13.8 Å². The molecule has 118 valence electrons. The van der Waals surface area contributed by atoms with Crippen LogP contribution in [-0.2, 0) is 14.3 Å². The number of rotatable bonds is 10. The Morgan fingerprint density at radius 2 is 1.81 bits per heavy atom. The molecule has 0 spiro atoms. The minimum absolute atomic E-state index is 0.0134. The van der Waals surface area contributed by atoms with Gasteiger partial charge in [0.2, 0.25) is 5.91 Å². The maximum Gasteiger partial charge on any atom is 0.250 e. The highest BCUT2D eigenvalue weighted by molar-refractivity contribution is 5.92. The summed E-state index contributed by atoms with van der Waals surface area (Å²) >= 11 is 0. The molecule has 0 atom stereocenters. The van der Waals surface area contributed by atoms with Gasteiger partial charge in [-0.05, 0) is 26.0 Å². The second-order valence-corrected chi connectivity index (χ2v) is 4.12. The summed E-state index contributed by atoms with van der Waals surface area (Å²) < 4.78 is 21.0. The van der Waals surface area contributed by atoms with Gasteiger partial charge >= 0.3 is 0 Å². The molecule has 0 aliphatic carbocycles. The van der Waals surface area contributed by atoms with Crippen LogP contribution in [0.25, 0.3) is 0 Å². The Bertz CT molecular complexity index is 436. The molecule has 0 saturated carbocycles. The lowest BCUT2D eigenvalue weighted by Gasteiger charge is -2.13. The fraction of sp³-hybridized carbons (Fsp3) is 0.533. The fourth-order valence-electron chi connectivity index (χ4n) is 1.63. The molecule has 1 N–H and O–H groups in total. The van der Waals surface area contributed by atoms with Crippen LogP contribution in [0.4, 0.5) is 5.69 Å². The second-order valence-electron chi connectivity index (χ2n) is 4.12. The lowest BCUT2D eigenvalue weighted by Crippen LogP contribution is -2.19. The number of carbonyl (C=O) groups excluding carboxylic acids is 1. The maximum absolute atomic E-state index is 11.7. The Labute approximate surface area is 125 Å². The van der Waals surface area contributed by atoms with E-state index in [1.54, 1.807) is 25.3 Å². The van der Waals surface area contributed by atoms with E-state index in [0.29, 0.717) is 43.6 Å². The molecule has 1 rings (SSSR count). The van der Waals surface area contributed by atoms with Crippen molar-refractivity contribution in [3.63, 3.8) is 0 Å². The summed E-state index contributed by atoms with van der Waals surface area (Å²) in [6.45, 7) is 5.72. The Morgan fingerprint density at radius 3 is 2.48 bits per heavy atom. The number of ether oxygens (including phenoxy) is 4. The molecule has 0 aliphatic heterocycles. The van der Waals surface area contributed by atoms with E-state index in [1.807, 2.05) is 13.8 Å². The average molecular weight is 297 g/mol. The van der Waals surface area contributed by atoms with Crippen molar-refractivity contribution in [1.29, 1.82) is 0 Å². The van der Waals surface area contributed by atoms with Gasteiger partial charge in [0.25, 0.3) is 0 Å². The third-order valence-corrected chi connectivity index (χ3v) is 2.49. The summed E-state index contributed by atoms with van der Waals surface area (Å²) in [4.78, 5) is 11.7. The molecule has 0 unspecified atom stereocenters. The highest BCUT2D eigenvalue weighted by Crippen LogP contribution is 2.30. The molecule has 6 nitrogen and oxygen atoms in total. The molecule has 0 heterocycles. The molecule has 0 radical (unpaired) electrons. The van der Waals surface area contributed by atoms with E-state index >= 15 is 0 Å². The number of benzene rings is 1. The summed E-state index contributed by atoms with van der Waals surface area (Å²) in [6, 6.07) is 5.28. The first kappa shape index (κ1) is 17.3. The number of carbonyl (C=O) groups is 1. The molecule has 0 fully saturated rings. The van der Waals surface area contributed by atoms with Crippen LogP contribution < -0.4 is 14.8 Å². The molecular weight excluding hydrogens is 274 g/mol. The second kappa shape index (κ2) is 10.0. The van der Waals surface area contributed by atoms with Gasteiger partial charge in [-0.25, -0.2) is 0 Å².